The standard InChI is InChI=1S/C9H16N2/c1-11(8-4-7-10)9-5-2-3-6-9/h9H,2-6,8H2,1H3. The molecule has 0 saturated heterocycles. The highest BCUT2D eigenvalue weighted by Gasteiger charge is 2.18. The summed E-state index contributed by atoms with van der Waals surface area (Å²) < 4.78 is 0. The molecule has 1 aliphatic carbocycles. The molecule has 0 spiro atoms. The maximum atomic E-state index is 8.38. The van der Waals surface area contributed by atoms with Crippen LogP contribution in [-0.2, 0) is 0 Å². The van der Waals surface area contributed by atoms with Crippen molar-refractivity contribution in [1.82, 2.24) is 4.90 Å². The summed E-state index contributed by atoms with van der Waals surface area (Å²) in [6.07, 6.45) is 6.10. The van der Waals surface area contributed by atoms with E-state index >= 15 is 0 Å². The first kappa shape index (κ1) is 8.55. The number of hydrogen-bond donors (Lipinski definition) is 0. The lowest BCUT2D eigenvalue weighted by molar-refractivity contribution is 0.251. The fraction of sp³-hybridized carbons (Fsp3) is 0.889. The maximum Gasteiger partial charge on any atom is 0.0635 e. The molecule has 0 radical (unpaired) electrons. The van der Waals surface area contributed by atoms with Gasteiger partial charge >= 0.3 is 0 Å². The fourth-order valence-corrected chi connectivity index (χ4v) is 1.75. The van der Waals surface area contributed by atoms with Crippen molar-refractivity contribution in [3.05, 3.63) is 0 Å². The Kier molecular flexibility index (Phi) is 3.38. The molecular weight excluding hydrogens is 136 g/mol. The molecule has 62 valence electrons. The predicted octanol–water partition coefficient (Wildman–Crippen LogP) is 1.77. The van der Waals surface area contributed by atoms with Gasteiger partial charge in [0.25, 0.3) is 0 Å². The van der Waals surface area contributed by atoms with Crippen LogP contribution in [0.2, 0.25) is 0 Å². The average molecular weight is 152 g/mol. The first-order valence-electron chi connectivity index (χ1n) is 4.42. The molecule has 0 aromatic carbocycles. The first-order chi connectivity index (χ1) is 5.34. The predicted molar refractivity (Wildman–Crippen MR) is 45.1 cm³/mol. The molecule has 0 aliphatic heterocycles. The summed E-state index contributed by atoms with van der Waals surface area (Å²) in [5, 5.41) is 8.38. The highest BCUT2D eigenvalue weighted by atomic mass is 15.1. The molecule has 0 aromatic heterocycles. The molecule has 0 bridgehead atoms. The van der Waals surface area contributed by atoms with E-state index in [0.717, 1.165) is 12.6 Å². The SMILES string of the molecule is CN(CCC#N)C1CCCC1. The van der Waals surface area contributed by atoms with Gasteiger partial charge in [0.1, 0.15) is 0 Å². The molecule has 0 unspecified atom stereocenters. The Hall–Kier alpha value is -0.550. The monoisotopic (exact) mass is 152 g/mol. The minimum Gasteiger partial charge on any atom is -0.302 e. The Morgan fingerprint density at radius 2 is 2.09 bits per heavy atom. The van der Waals surface area contributed by atoms with Gasteiger partial charge in [0.15, 0.2) is 0 Å². The first-order valence-corrected chi connectivity index (χ1v) is 4.42. The molecule has 1 fully saturated rings. The minimum absolute atomic E-state index is 0.674. The third-order valence-electron chi connectivity index (χ3n) is 2.52. The molecule has 0 amide bonds. The molecular formula is C9H16N2. The highest BCUT2D eigenvalue weighted by Crippen LogP contribution is 2.22. The highest BCUT2D eigenvalue weighted by molar-refractivity contribution is 4.78. The second-order valence-corrected chi connectivity index (χ2v) is 3.33. The van der Waals surface area contributed by atoms with Crippen molar-refractivity contribution in [3.63, 3.8) is 0 Å². The van der Waals surface area contributed by atoms with Crippen molar-refractivity contribution >= 4 is 0 Å². The topological polar surface area (TPSA) is 27.0 Å². The van der Waals surface area contributed by atoms with Gasteiger partial charge in [0, 0.05) is 19.0 Å². The van der Waals surface area contributed by atoms with E-state index in [1.165, 1.54) is 25.7 Å². The van der Waals surface area contributed by atoms with E-state index in [9.17, 15) is 0 Å². The van der Waals surface area contributed by atoms with Gasteiger partial charge in [0.05, 0.1) is 6.07 Å². The Labute approximate surface area is 68.8 Å². The van der Waals surface area contributed by atoms with E-state index in [4.69, 9.17) is 5.26 Å². The molecule has 1 saturated carbocycles. The van der Waals surface area contributed by atoms with Crippen molar-refractivity contribution in [1.29, 1.82) is 5.26 Å². The van der Waals surface area contributed by atoms with Crippen molar-refractivity contribution in [2.45, 2.75) is 38.1 Å². The minimum atomic E-state index is 0.674. The van der Waals surface area contributed by atoms with Crippen LogP contribution in [0.1, 0.15) is 32.1 Å². The van der Waals surface area contributed by atoms with Crippen LogP contribution in [0.3, 0.4) is 0 Å². The van der Waals surface area contributed by atoms with Crippen LogP contribution in [0.5, 0.6) is 0 Å². The van der Waals surface area contributed by atoms with Gasteiger partial charge in [-0.05, 0) is 19.9 Å². The summed E-state index contributed by atoms with van der Waals surface area (Å²) in [7, 11) is 2.13. The molecule has 2 nitrogen and oxygen atoms in total. The smallest absolute Gasteiger partial charge is 0.0635 e. The Morgan fingerprint density at radius 3 is 2.64 bits per heavy atom. The van der Waals surface area contributed by atoms with Gasteiger partial charge in [-0.1, -0.05) is 12.8 Å². The summed E-state index contributed by atoms with van der Waals surface area (Å²) in [5.41, 5.74) is 0. The molecule has 1 aliphatic rings. The summed E-state index contributed by atoms with van der Waals surface area (Å²) in [4.78, 5) is 2.33. The van der Waals surface area contributed by atoms with Crippen molar-refractivity contribution in [2.24, 2.45) is 0 Å². The van der Waals surface area contributed by atoms with Crippen LogP contribution in [0.25, 0.3) is 0 Å². The van der Waals surface area contributed by atoms with E-state index in [0.29, 0.717) is 6.42 Å². The van der Waals surface area contributed by atoms with E-state index in [1.807, 2.05) is 0 Å². The van der Waals surface area contributed by atoms with Crippen molar-refractivity contribution < 1.29 is 0 Å². The van der Waals surface area contributed by atoms with Gasteiger partial charge < -0.3 is 4.90 Å². The third-order valence-corrected chi connectivity index (χ3v) is 2.52. The van der Waals surface area contributed by atoms with Crippen LogP contribution >= 0.6 is 0 Å². The molecule has 0 N–H and O–H groups in total. The van der Waals surface area contributed by atoms with E-state index in [1.54, 1.807) is 0 Å². The molecule has 0 heterocycles. The summed E-state index contributed by atoms with van der Waals surface area (Å²) in [6, 6.07) is 2.95. The van der Waals surface area contributed by atoms with Gasteiger partial charge in [-0.3, -0.25) is 0 Å². The number of nitrogens with zero attached hydrogens (tertiary/aromatic N) is 2. The molecule has 1 rings (SSSR count). The zero-order valence-electron chi connectivity index (χ0n) is 7.21. The maximum absolute atomic E-state index is 8.38. The van der Waals surface area contributed by atoms with Gasteiger partial charge in [-0.15, -0.1) is 0 Å². The molecule has 0 aromatic rings. The zero-order chi connectivity index (χ0) is 8.10. The van der Waals surface area contributed by atoms with Gasteiger partial charge in [-0.2, -0.15) is 5.26 Å². The van der Waals surface area contributed by atoms with Crippen LogP contribution < -0.4 is 0 Å². The Morgan fingerprint density at radius 1 is 1.45 bits per heavy atom. The Bertz CT molecular complexity index is 142. The van der Waals surface area contributed by atoms with Crippen LogP contribution in [0.4, 0.5) is 0 Å². The second-order valence-electron chi connectivity index (χ2n) is 3.33. The van der Waals surface area contributed by atoms with Crippen LogP contribution in [0.15, 0.2) is 0 Å². The van der Waals surface area contributed by atoms with Crippen molar-refractivity contribution in [3.8, 4) is 6.07 Å². The average Bonchev–Trinajstić information content (AvgIpc) is 2.52. The van der Waals surface area contributed by atoms with Crippen LogP contribution in [-0.4, -0.2) is 24.5 Å². The molecule has 0 atom stereocenters. The zero-order valence-corrected chi connectivity index (χ0v) is 7.21. The summed E-state index contributed by atoms with van der Waals surface area (Å²) in [5.74, 6) is 0. The second kappa shape index (κ2) is 4.35. The fourth-order valence-electron chi connectivity index (χ4n) is 1.75. The molecule has 2 heteroatoms. The normalized spacial score (nSPS) is 19.0. The lowest BCUT2D eigenvalue weighted by Crippen LogP contribution is -2.29. The summed E-state index contributed by atoms with van der Waals surface area (Å²) >= 11 is 0. The van der Waals surface area contributed by atoms with Crippen molar-refractivity contribution in [2.75, 3.05) is 13.6 Å². The van der Waals surface area contributed by atoms with E-state index in [-0.39, 0.29) is 0 Å². The molecule has 11 heavy (non-hydrogen) atoms. The van der Waals surface area contributed by atoms with Gasteiger partial charge in [0.2, 0.25) is 0 Å². The Balaban J connectivity index is 2.18. The third kappa shape index (κ3) is 2.51. The largest absolute Gasteiger partial charge is 0.302 e. The lowest BCUT2D eigenvalue weighted by atomic mass is 10.2. The van der Waals surface area contributed by atoms with E-state index < -0.39 is 0 Å². The lowest BCUT2D eigenvalue weighted by Gasteiger charge is -2.22. The summed E-state index contributed by atoms with van der Waals surface area (Å²) in [6.45, 7) is 0.946. The van der Waals surface area contributed by atoms with Crippen LogP contribution in [0, 0.1) is 11.3 Å². The number of hydrogen-bond acceptors (Lipinski definition) is 2. The number of rotatable bonds is 3. The number of nitriles is 1. The van der Waals surface area contributed by atoms with E-state index in [2.05, 4.69) is 18.0 Å². The quantitative estimate of drug-likeness (QED) is 0.616. The van der Waals surface area contributed by atoms with Gasteiger partial charge in [-0.25, -0.2) is 0 Å².